The number of rotatable bonds is 5. The first-order valence-electron chi connectivity index (χ1n) is 8.66. The normalized spacial score (nSPS) is 14.7. The van der Waals surface area contributed by atoms with Gasteiger partial charge in [-0.2, -0.15) is 0 Å². The number of ether oxygens (including phenoxy) is 1. The first-order chi connectivity index (χ1) is 12.9. The summed E-state index contributed by atoms with van der Waals surface area (Å²) in [6.07, 6.45) is 2.92. The average molecular weight is 392 g/mol. The maximum Gasteiger partial charge on any atom is 0.261 e. The summed E-state index contributed by atoms with van der Waals surface area (Å²) in [4.78, 5) is 14.5. The van der Waals surface area contributed by atoms with Crippen LogP contribution < -0.4 is 9.46 Å². The first kappa shape index (κ1) is 19.2. The van der Waals surface area contributed by atoms with Gasteiger partial charge in [0.1, 0.15) is 11.6 Å². The zero-order chi connectivity index (χ0) is 19.4. The Bertz CT molecular complexity index is 940. The molecular formula is C19H21FN2O4S. The maximum absolute atomic E-state index is 13.3. The van der Waals surface area contributed by atoms with E-state index >= 15 is 0 Å². The minimum Gasteiger partial charge on any atom is -0.496 e. The van der Waals surface area contributed by atoms with E-state index in [0.29, 0.717) is 18.8 Å². The average Bonchev–Trinajstić information content (AvgIpc) is 2.67. The van der Waals surface area contributed by atoms with Gasteiger partial charge in [-0.15, -0.1) is 0 Å². The molecule has 0 atom stereocenters. The number of nitrogens with one attached hydrogen (secondary N) is 1. The summed E-state index contributed by atoms with van der Waals surface area (Å²) in [5.74, 6) is -0.490. The molecular weight excluding hydrogens is 371 g/mol. The highest BCUT2D eigenvalue weighted by Gasteiger charge is 2.24. The Labute approximate surface area is 158 Å². The topological polar surface area (TPSA) is 75.7 Å². The van der Waals surface area contributed by atoms with Gasteiger partial charge in [0.05, 0.1) is 23.3 Å². The highest BCUT2D eigenvalue weighted by Crippen LogP contribution is 2.26. The number of amides is 1. The van der Waals surface area contributed by atoms with Crippen molar-refractivity contribution in [2.45, 2.75) is 24.2 Å². The number of sulfonamides is 1. The fourth-order valence-electron chi connectivity index (χ4n) is 3.05. The van der Waals surface area contributed by atoms with Crippen LogP contribution in [0.4, 0.5) is 10.1 Å². The molecule has 8 heteroatoms. The van der Waals surface area contributed by atoms with Crippen molar-refractivity contribution in [2.75, 3.05) is 24.9 Å². The van der Waals surface area contributed by atoms with Gasteiger partial charge < -0.3 is 9.64 Å². The van der Waals surface area contributed by atoms with Crippen molar-refractivity contribution in [2.24, 2.45) is 0 Å². The number of halogens is 1. The second-order valence-corrected chi connectivity index (χ2v) is 8.01. The maximum atomic E-state index is 13.3. The molecule has 3 rings (SSSR count). The lowest BCUT2D eigenvalue weighted by Crippen LogP contribution is -2.35. The molecule has 0 aliphatic carbocycles. The van der Waals surface area contributed by atoms with Crippen LogP contribution in [0.1, 0.15) is 29.6 Å². The van der Waals surface area contributed by atoms with Crippen LogP contribution in [0.3, 0.4) is 0 Å². The Morgan fingerprint density at radius 3 is 2.52 bits per heavy atom. The molecule has 144 valence electrons. The van der Waals surface area contributed by atoms with Gasteiger partial charge in [0.15, 0.2) is 0 Å². The Morgan fingerprint density at radius 2 is 1.85 bits per heavy atom. The van der Waals surface area contributed by atoms with Crippen LogP contribution in [0.15, 0.2) is 47.4 Å². The SMILES string of the molecule is COc1ccc(S(=O)(=O)Nc2cccc(F)c2)cc1C(=O)N1CCCCC1. The lowest BCUT2D eigenvalue weighted by molar-refractivity contribution is 0.0720. The molecule has 2 aromatic carbocycles. The smallest absolute Gasteiger partial charge is 0.261 e. The minimum atomic E-state index is -3.98. The third-order valence-electron chi connectivity index (χ3n) is 4.43. The van der Waals surface area contributed by atoms with E-state index < -0.39 is 15.8 Å². The van der Waals surface area contributed by atoms with Crippen LogP contribution in [0.2, 0.25) is 0 Å². The molecule has 6 nitrogen and oxygen atoms in total. The van der Waals surface area contributed by atoms with Crippen molar-refractivity contribution in [3.05, 3.63) is 53.8 Å². The van der Waals surface area contributed by atoms with Crippen molar-refractivity contribution in [3.8, 4) is 5.75 Å². The van der Waals surface area contributed by atoms with Crippen LogP contribution in [0, 0.1) is 5.82 Å². The minimum absolute atomic E-state index is 0.0899. The monoisotopic (exact) mass is 392 g/mol. The van der Waals surface area contributed by atoms with Gasteiger partial charge in [0, 0.05) is 13.1 Å². The number of carbonyl (C=O) groups excluding carboxylic acids is 1. The molecule has 0 spiro atoms. The summed E-state index contributed by atoms with van der Waals surface area (Å²) in [6.45, 7) is 1.28. The summed E-state index contributed by atoms with van der Waals surface area (Å²) in [5.41, 5.74) is 0.302. The van der Waals surface area contributed by atoms with E-state index in [1.165, 1.54) is 43.5 Å². The second kappa shape index (κ2) is 7.96. The van der Waals surface area contributed by atoms with Gasteiger partial charge in [-0.1, -0.05) is 6.07 Å². The van der Waals surface area contributed by atoms with Crippen molar-refractivity contribution >= 4 is 21.6 Å². The van der Waals surface area contributed by atoms with E-state index in [2.05, 4.69) is 4.72 Å². The highest BCUT2D eigenvalue weighted by molar-refractivity contribution is 7.92. The summed E-state index contributed by atoms with van der Waals surface area (Å²) in [5, 5.41) is 0. The number of likely N-dealkylation sites (tertiary alicyclic amines) is 1. The van der Waals surface area contributed by atoms with Gasteiger partial charge in [-0.25, -0.2) is 12.8 Å². The van der Waals surface area contributed by atoms with Crippen molar-refractivity contribution in [1.82, 2.24) is 4.90 Å². The van der Waals surface area contributed by atoms with Crippen molar-refractivity contribution in [3.63, 3.8) is 0 Å². The number of hydrogen-bond acceptors (Lipinski definition) is 4. The van der Waals surface area contributed by atoms with E-state index in [0.717, 1.165) is 25.3 Å². The first-order valence-corrected chi connectivity index (χ1v) is 10.1. The number of methoxy groups -OCH3 is 1. The van der Waals surface area contributed by atoms with E-state index in [1.54, 1.807) is 4.90 Å². The number of nitrogens with zero attached hydrogens (tertiary/aromatic N) is 1. The molecule has 1 saturated heterocycles. The van der Waals surface area contributed by atoms with Crippen LogP contribution >= 0.6 is 0 Å². The molecule has 1 amide bonds. The van der Waals surface area contributed by atoms with Gasteiger partial charge in [-0.3, -0.25) is 9.52 Å². The molecule has 0 bridgehead atoms. The zero-order valence-corrected chi connectivity index (χ0v) is 15.8. The highest BCUT2D eigenvalue weighted by atomic mass is 32.2. The third kappa shape index (κ3) is 4.39. The van der Waals surface area contributed by atoms with Crippen molar-refractivity contribution < 1.29 is 22.3 Å². The van der Waals surface area contributed by atoms with Crippen molar-refractivity contribution in [1.29, 1.82) is 0 Å². The summed E-state index contributed by atoms with van der Waals surface area (Å²) in [7, 11) is -2.55. The molecule has 0 radical (unpaired) electrons. The number of anilines is 1. The largest absolute Gasteiger partial charge is 0.496 e. The van der Waals surface area contributed by atoms with Crippen LogP contribution in [0.25, 0.3) is 0 Å². The van der Waals surface area contributed by atoms with E-state index in [4.69, 9.17) is 4.74 Å². The Balaban J connectivity index is 1.92. The molecule has 0 unspecified atom stereocenters. The summed E-state index contributed by atoms with van der Waals surface area (Å²) < 4.78 is 46.2. The zero-order valence-electron chi connectivity index (χ0n) is 14.9. The molecule has 1 heterocycles. The third-order valence-corrected chi connectivity index (χ3v) is 5.81. The molecule has 2 aromatic rings. The van der Waals surface area contributed by atoms with Crippen LogP contribution in [-0.2, 0) is 10.0 Å². The molecule has 0 aromatic heterocycles. The molecule has 27 heavy (non-hydrogen) atoms. The van der Waals surface area contributed by atoms with E-state index in [1.807, 2.05) is 0 Å². The Kier molecular flexibility index (Phi) is 5.65. The Hall–Kier alpha value is -2.61. The summed E-state index contributed by atoms with van der Waals surface area (Å²) in [6, 6.07) is 9.28. The lowest BCUT2D eigenvalue weighted by Gasteiger charge is -2.27. The van der Waals surface area contributed by atoms with Gasteiger partial charge in [0.2, 0.25) is 0 Å². The predicted molar refractivity (Wildman–Crippen MR) is 100.0 cm³/mol. The standard InChI is InChI=1S/C19H21FN2O4S/c1-26-18-9-8-16(13-17(18)19(23)22-10-3-2-4-11-22)27(24,25)21-15-7-5-6-14(20)12-15/h5-9,12-13,21H,2-4,10-11H2,1H3. The molecule has 1 aliphatic rings. The van der Waals surface area contributed by atoms with Gasteiger partial charge in [-0.05, 0) is 55.7 Å². The Morgan fingerprint density at radius 1 is 1.11 bits per heavy atom. The van der Waals surface area contributed by atoms with Crippen LogP contribution in [-0.4, -0.2) is 39.4 Å². The number of benzene rings is 2. The van der Waals surface area contributed by atoms with Gasteiger partial charge >= 0.3 is 0 Å². The predicted octanol–water partition coefficient (Wildman–Crippen LogP) is 3.26. The van der Waals surface area contributed by atoms with E-state index in [9.17, 15) is 17.6 Å². The number of piperidine rings is 1. The van der Waals surface area contributed by atoms with Crippen LogP contribution in [0.5, 0.6) is 5.75 Å². The molecule has 1 N–H and O–H groups in total. The molecule has 0 saturated carbocycles. The number of hydrogen-bond donors (Lipinski definition) is 1. The van der Waals surface area contributed by atoms with E-state index in [-0.39, 0.29) is 22.1 Å². The lowest BCUT2D eigenvalue weighted by atomic mass is 10.1. The fourth-order valence-corrected chi connectivity index (χ4v) is 4.13. The number of carbonyl (C=O) groups is 1. The van der Waals surface area contributed by atoms with Gasteiger partial charge in [0.25, 0.3) is 15.9 Å². The fraction of sp³-hybridized carbons (Fsp3) is 0.316. The quantitative estimate of drug-likeness (QED) is 0.847. The second-order valence-electron chi connectivity index (χ2n) is 6.33. The molecule has 1 fully saturated rings. The summed E-state index contributed by atoms with van der Waals surface area (Å²) >= 11 is 0. The molecule has 1 aliphatic heterocycles.